The van der Waals surface area contributed by atoms with Crippen molar-refractivity contribution < 1.29 is 31.8 Å². The first-order chi connectivity index (χ1) is 14.7. The van der Waals surface area contributed by atoms with Crippen LogP contribution in [0.4, 0.5) is 23.2 Å². The SMILES string of the molecule is COc1ncc(NNC(=O)c2cnc(OC)c(-c3ccc(C(F)(F)F)cc3)c2)cc1F. The van der Waals surface area contributed by atoms with Crippen molar-refractivity contribution in [2.45, 2.75) is 6.18 Å². The van der Waals surface area contributed by atoms with Crippen LogP contribution in [0.3, 0.4) is 0 Å². The minimum absolute atomic E-state index is 0.0881. The maximum Gasteiger partial charge on any atom is 0.416 e. The van der Waals surface area contributed by atoms with E-state index in [1.807, 2.05) is 0 Å². The third-order valence-electron chi connectivity index (χ3n) is 4.15. The smallest absolute Gasteiger partial charge is 0.416 e. The number of nitrogens with zero attached hydrogens (tertiary/aromatic N) is 2. The summed E-state index contributed by atoms with van der Waals surface area (Å²) in [7, 11) is 2.62. The van der Waals surface area contributed by atoms with E-state index >= 15 is 0 Å². The molecule has 0 fully saturated rings. The van der Waals surface area contributed by atoms with Crippen molar-refractivity contribution in [2.75, 3.05) is 19.6 Å². The number of hydrogen-bond acceptors (Lipinski definition) is 6. The predicted octanol–water partition coefficient (Wildman–Crippen LogP) is 4.08. The molecule has 2 aromatic heterocycles. The van der Waals surface area contributed by atoms with E-state index in [0.717, 1.165) is 18.2 Å². The molecule has 0 saturated carbocycles. The van der Waals surface area contributed by atoms with Crippen LogP contribution < -0.4 is 20.3 Å². The summed E-state index contributed by atoms with van der Waals surface area (Å²) in [5.41, 5.74) is 5.01. The fourth-order valence-corrected chi connectivity index (χ4v) is 2.63. The van der Waals surface area contributed by atoms with Gasteiger partial charge in [0.2, 0.25) is 11.8 Å². The Bertz CT molecular complexity index is 1090. The average molecular weight is 436 g/mol. The zero-order valence-corrected chi connectivity index (χ0v) is 16.2. The lowest BCUT2D eigenvalue weighted by molar-refractivity contribution is -0.137. The lowest BCUT2D eigenvalue weighted by Gasteiger charge is -2.12. The van der Waals surface area contributed by atoms with Gasteiger partial charge in [0.25, 0.3) is 5.91 Å². The van der Waals surface area contributed by atoms with Crippen LogP contribution >= 0.6 is 0 Å². The number of nitrogens with one attached hydrogen (secondary N) is 2. The number of ether oxygens (including phenoxy) is 2. The molecule has 0 aliphatic rings. The second-order valence-electron chi connectivity index (χ2n) is 6.15. The number of methoxy groups -OCH3 is 2. The minimum atomic E-state index is -4.47. The Morgan fingerprint density at radius 3 is 2.19 bits per heavy atom. The van der Waals surface area contributed by atoms with Gasteiger partial charge in [0, 0.05) is 17.8 Å². The fourth-order valence-electron chi connectivity index (χ4n) is 2.63. The van der Waals surface area contributed by atoms with E-state index in [1.165, 1.54) is 44.8 Å². The number of benzene rings is 1. The van der Waals surface area contributed by atoms with E-state index in [4.69, 9.17) is 9.47 Å². The van der Waals surface area contributed by atoms with Gasteiger partial charge in [-0.1, -0.05) is 12.1 Å². The number of pyridine rings is 2. The molecule has 1 aromatic carbocycles. The van der Waals surface area contributed by atoms with Crippen molar-refractivity contribution in [3.05, 3.63) is 65.7 Å². The highest BCUT2D eigenvalue weighted by molar-refractivity contribution is 5.96. The van der Waals surface area contributed by atoms with Crippen LogP contribution in [0.1, 0.15) is 15.9 Å². The molecular weight excluding hydrogens is 420 g/mol. The van der Waals surface area contributed by atoms with Gasteiger partial charge in [-0.15, -0.1) is 0 Å². The van der Waals surface area contributed by atoms with Crippen LogP contribution in [-0.2, 0) is 6.18 Å². The van der Waals surface area contributed by atoms with Crippen LogP contribution in [-0.4, -0.2) is 30.1 Å². The summed E-state index contributed by atoms with van der Waals surface area (Å²) in [5, 5.41) is 0. The maximum absolute atomic E-state index is 13.7. The molecule has 0 atom stereocenters. The molecular formula is C20H16F4N4O3. The molecule has 0 bridgehead atoms. The first-order valence-corrected chi connectivity index (χ1v) is 8.70. The largest absolute Gasteiger partial charge is 0.481 e. The number of carbonyl (C=O) groups is 1. The second kappa shape index (κ2) is 8.86. The fraction of sp³-hybridized carbons (Fsp3) is 0.150. The Kier molecular flexibility index (Phi) is 6.23. The van der Waals surface area contributed by atoms with E-state index < -0.39 is 23.5 Å². The zero-order chi connectivity index (χ0) is 22.6. The molecule has 0 aliphatic heterocycles. The van der Waals surface area contributed by atoms with Crippen molar-refractivity contribution in [3.63, 3.8) is 0 Å². The van der Waals surface area contributed by atoms with Gasteiger partial charge in [-0.3, -0.25) is 15.6 Å². The van der Waals surface area contributed by atoms with Gasteiger partial charge in [0.05, 0.1) is 37.2 Å². The minimum Gasteiger partial charge on any atom is -0.481 e. The summed E-state index contributed by atoms with van der Waals surface area (Å²) < 4.78 is 62.0. The Balaban J connectivity index is 1.81. The number of amides is 1. The monoisotopic (exact) mass is 436 g/mol. The number of hydrazine groups is 1. The van der Waals surface area contributed by atoms with E-state index in [2.05, 4.69) is 20.8 Å². The third kappa shape index (κ3) is 5.00. The number of halogens is 4. The van der Waals surface area contributed by atoms with E-state index in [1.54, 1.807) is 0 Å². The summed E-state index contributed by atoms with van der Waals surface area (Å²) in [6, 6.07) is 6.86. The number of hydrogen-bond donors (Lipinski definition) is 2. The van der Waals surface area contributed by atoms with E-state index in [9.17, 15) is 22.4 Å². The Labute approximate surface area is 174 Å². The lowest BCUT2D eigenvalue weighted by Crippen LogP contribution is -2.29. The van der Waals surface area contributed by atoms with Gasteiger partial charge < -0.3 is 9.47 Å². The molecule has 0 saturated heterocycles. The van der Waals surface area contributed by atoms with Crippen LogP contribution in [0, 0.1) is 5.82 Å². The van der Waals surface area contributed by atoms with Crippen molar-refractivity contribution in [2.24, 2.45) is 0 Å². The van der Waals surface area contributed by atoms with Crippen molar-refractivity contribution in [1.29, 1.82) is 0 Å². The standard InChI is InChI=1S/C20H16F4N4O3/c1-30-18-15(11-3-5-13(6-4-11)20(22,23)24)7-12(9-25-18)17(29)28-27-14-8-16(21)19(31-2)26-10-14/h3-10,27H,1-2H3,(H,28,29). The zero-order valence-electron chi connectivity index (χ0n) is 16.2. The van der Waals surface area contributed by atoms with Crippen molar-refractivity contribution in [1.82, 2.24) is 15.4 Å². The van der Waals surface area contributed by atoms with Gasteiger partial charge in [-0.25, -0.2) is 14.4 Å². The van der Waals surface area contributed by atoms with Crippen LogP contribution in [0.5, 0.6) is 11.8 Å². The summed E-state index contributed by atoms with van der Waals surface area (Å²) in [5.74, 6) is -1.42. The number of aromatic nitrogens is 2. The first-order valence-electron chi connectivity index (χ1n) is 8.70. The number of carbonyl (C=O) groups excluding carboxylic acids is 1. The molecule has 11 heteroatoms. The number of alkyl halides is 3. The molecule has 1 amide bonds. The van der Waals surface area contributed by atoms with Crippen LogP contribution in [0.2, 0.25) is 0 Å². The molecule has 31 heavy (non-hydrogen) atoms. The molecule has 0 spiro atoms. The van der Waals surface area contributed by atoms with Crippen LogP contribution in [0.25, 0.3) is 11.1 Å². The van der Waals surface area contributed by atoms with Crippen molar-refractivity contribution >= 4 is 11.6 Å². The number of rotatable bonds is 6. The Morgan fingerprint density at radius 2 is 1.61 bits per heavy atom. The van der Waals surface area contributed by atoms with Gasteiger partial charge in [-0.2, -0.15) is 13.2 Å². The summed E-state index contributed by atoms with van der Waals surface area (Å²) in [6.45, 7) is 0. The van der Waals surface area contributed by atoms with Gasteiger partial charge in [0.1, 0.15) is 0 Å². The summed E-state index contributed by atoms with van der Waals surface area (Å²) in [6.07, 6.45) is -1.98. The normalized spacial score (nSPS) is 11.0. The highest BCUT2D eigenvalue weighted by Crippen LogP contribution is 2.33. The second-order valence-corrected chi connectivity index (χ2v) is 6.15. The van der Waals surface area contributed by atoms with Crippen LogP contribution in [0.15, 0.2) is 48.8 Å². The maximum atomic E-state index is 13.7. The molecule has 162 valence electrons. The lowest BCUT2D eigenvalue weighted by atomic mass is 10.0. The summed E-state index contributed by atoms with van der Waals surface area (Å²) in [4.78, 5) is 20.2. The van der Waals surface area contributed by atoms with E-state index in [-0.39, 0.29) is 23.0 Å². The number of anilines is 1. The highest BCUT2D eigenvalue weighted by atomic mass is 19.4. The predicted molar refractivity (Wildman–Crippen MR) is 103 cm³/mol. The molecule has 7 nitrogen and oxygen atoms in total. The third-order valence-corrected chi connectivity index (χ3v) is 4.15. The molecule has 3 rings (SSSR count). The Hall–Kier alpha value is -3.89. The first kappa shape index (κ1) is 21.8. The molecule has 2 N–H and O–H groups in total. The topological polar surface area (TPSA) is 85.4 Å². The average Bonchev–Trinajstić information content (AvgIpc) is 2.76. The molecule has 0 radical (unpaired) electrons. The van der Waals surface area contributed by atoms with E-state index in [0.29, 0.717) is 11.1 Å². The molecule has 0 unspecified atom stereocenters. The van der Waals surface area contributed by atoms with Crippen molar-refractivity contribution in [3.8, 4) is 22.9 Å². The molecule has 2 heterocycles. The molecule has 0 aliphatic carbocycles. The highest BCUT2D eigenvalue weighted by Gasteiger charge is 2.30. The molecule has 3 aromatic rings. The quantitative estimate of drug-likeness (QED) is 0.448. The Morgan fingerprint density at radius 1 is 0.968 bits per heavy atom. The van der Waals surface area contributed by atoms with Gasteiger partial charge in [-0.05, 0) is 23.8 Å². The van der Waals surface area contributed by atoms with Gasteiger partial charge >= 0.3 is 6.18 Å². The van der Waals surface area contributed by atoms with Gasteiger partial charge in [0.15, 0.2) is 5.82 Å². The summed E-state index contributed by atoms with van der Waals surface area (Å²) >= 11 is 0.